The van der Waals surface area contributed by atoms with Gasteiger partial charge in [-0.1, -0.05) is 35.2 Å². The molecule has 3 aromatic heterocycles. The van der Waals surface area contributed by atoms with Crippen molar-refractivity contribution in [2.45, 2.75) is 17.8 Å². The van der Waals surface area contributed by atoms with E-state index in [1.807, 2.05) is 35.8 Å². The number of aryl methyl sites for hydroxylation is 1. The van der Waals surface area contributed by atoms with E-state index < -0.39 is 0 Å². The van der Waals surface area contributed by atoms with Gasteiger partial charge >= 0.3 is 0 Å². The predicted molar refractivity (Wildman–Crippen MR) is 103 cm³/mol. The van der Waals surface area contributed by atoms with Crippen LogP contribution in [0.1, 0.15) is 21.4 Å². The Labute approximate surface area is 163 Å². The fraction of sp³-hybridized carbons (Fsp3) is 0.235. The molecule has 1 N–H and O–H groups in total. The third-order valence-corrected chi connectivity index (χ3v) is 5.71. The normalized spacial score (nSPS) is 11.1. The molecule has 0 spiro atoms. The number of hydrogen-bond donors (Lipinski definition) is 1. The summed E-state index contributed by atoms with van der Waals surface area (Å²) >= 11 is 3.11. The first-order chi connectivity index (χ1) is 13.2. The number of carbonyl (C=O) groups excluding carboxylic acids is 1. The van der Waals surface area contributed by atoms with E-state index in [1.54, 1.807) is 29.4 Å². The van der Waals surface area contributed by atoms with Gasteiger partial charge < -0.3 is 14.3 Å². The molecule has 0 unspecified atom stereocenters. The molecule has 138 valence electrons. The third kappa shape index (κ3) is 4.17. The molecule has 3 heterocycles. The van der Waals surface area contributed by atoms with E-state index in [-0.39, 0.29) is 11.6 Å². The minimum Gasteiger partial charge on any atom is -0.446 e. The highest BCUT2D eigenvalue weighted by atomic mass is 32.2. The summed E-state index contributed by atoms with van der Waals surface area (Å²) < 4.78 is 8.28. The van der Waals surface area contributed by atoms with Gasteiger partial charge in [0.25, 0.3) is 5.91 Å². The number of carbonyl (C=O) groups is 1. The van der Waals surface area contributed by atoms with Crippen LogP contribution in [0.4, 0.5) is 0 Å². The minimum atomic E-state index is -0.255. The van der Waals surface area contributed by atoms with Crippen LogP contribution in [0, 0.1) is 6.92 Å². The standard InChI is InChI=1S/C17H16N6O2S2/c1-11-21-22-17(27-11)26-7-6-18-16(24)13-9-25-15(20-13)8-23-10-19-12-4-2-3-5-14(12)23/h2-5,9-10H,6-8H2,1H3,(H,18,24). The molecule has 0 atom stereocenters. The summed E-state index contributed by atoms with van der Waals surface area (Å²) in [6.45, 7) is 2.84. The summed E-state index contributed by atoms with van der Waals surface area (Å²) in [6.07, 6.45) is 3.12. The zero-order chi connectivity index (χ0) is 18.6. The molecular formula is C17H16N6O2S2. The van der Waals surface area contributed by atoms with Crippen molar-refractivity contribution in [1.82, 2.24) is 30.0 Å². The number of thioether (sulfide) groups is 1. The molecule has 0 saturated carbocycles. The summed E-state index contributed by atoms with van der Waals surface area (Å²) in [6, 6.07) is 7.82. The van der Waals surface area contributed by atoms with Gasteiger partial charge in [0.05, 0.1) is 17.4 Å². The number of imidazole rings is 1. The van der Waals surface area contributed by atoms with Gasteiger partial charge in [-0.05, 0) is 19.1 Å². The Hall–Kier alpha value is -2.72. The molecule has 0 radical (unpaired) electrons. The van der Waals surface area contributed by atoms with E-state index in [2.05, 4.69) is 25.5 Å². The first-order valence-electron chi connectivity index (χ1n) is 8.24. The van der Waals surface area contributed by atoms with E-state index in [1.165, 1.54) is 6.26 Å². The van der Waals surface area contributed by atoms with Crippen LogP contribution < -0.4 is 5.32 Å². The number of benzene rings is 1. The average Bonchev–Trinajstić information content (AvgIpc) is 3.40. The molecule has 0 saturated heterocycles. The van der Waals surface area contributed by atoms with Gasteiger partial charge in [0.1, 0.15) is 17.8 Å². The van der Waals surface area contributed by atoms with E-state index in [9.17, 15) is 4.79 Å². The molecule has 0 aliphatic heterocycles. The monoisotopic (exact) mass is 400 g/mol. The Morgan fingerprint density at radius 3 is 3.07 bits per heavy atom. The van der Waals surface area contributed by atoms with Crippen LogP contribution in [0.25, 0.3) is 11.0 Å². The quantitative estimate of drug-likeness (QED) is 0.376. The molecule has 27 heavy (non-hydrogen) atoms. The lowest BCUT2D eigenvalue weighted by Gasteiger charge is -2.01. The van der Waals surface area contributed by atoms with Gasteiger partial charge in [0.2, 0.25) is 5.89 Å². The van der Waals surface area contributed by atoms with Gasteiger partial charge in [-0.15, -0.1) is 10.2 Å². The highest BCUT2D eigenvalue weighted by Crippen LogP contribution is 2.21. The summed E-state index contributed by atoms with van der Waals surface area (Å²) in [5.41, 5.74) is 2.17. The van der Waals surface area contributed by atoms with Crippen LogP contribution in [0.2, 0.25) is 0 Å². The summed E-state index contributed by atoms with van der Waals surface area (Å²) in [4.78, 5) is 20.8. The van der Waals surface area contributed by atoms with Crippen molar-refractivity contribution in [3.8, 4) is 0 Å². The topological polar surface area (TPSA) is 98.7 Å². The molecule has 0 fully saturated rings. The maximum absolute atomic E-state index is 12.2. The molecule has 0 bridgehead atoms. The van der Waals surface area contributed by atoms with Crippen LogP contribution >= 0.6 is 23.1 Å². The maximum atomic E-state index is 12.2. The highest BCUT2D eigenvalue weighted by molar-refractivity contribution is 8.01. The molecule has 0 aliphatic carbocycles. The lowest BCUT2D eigenvalue weighted by molar-refractivity contribution is 0.0951. The number of rotatable bonds is 7. The molecule has 1 amide bonds. The zero-order valence-corrected chi connectivity index (χ0v) is 16.1. The molecule has 8 nitrogen and oxygen atoms in total. The fourth-order valence-electron chi connectivity index (χ4n) is 2.50. The maximum Gasteiger partial charge on any atom is 0.273 e. The second-order valence-electron chi connectivity index (χ2n) is 5.68. The number of nitrogens with zero attached hydrogens (tertiary/aromatic N) is 5. The smallest absolute Gasteiger partial charge is 0.273 e. The summed E-state index contributed by atoms with van der Waals surface area (Å²) in [7, 11) is 0. The summed E-state index contributed by atoms with van der Waals surface area (Å²) in [5.74, 6) is 0.920. The molecule has 10 heteroatoms. The van der Waals surface area contributed by atoms with Crippen LogP contribution in [-0.4, -0.2) is 42.9 Å². The van der Waals surface area contributed by atoms with Crippen molar-refractivity contribution >= 4 is 40.0 Å². The predicted octanol–water partition coefficient (Wildman–Crippen LogP) is 2.75. The van der Waals surface area contributed by atoms with Crippen molar-refractivity contribution in [2.24, 2.45) is 0 Å². The second-order valence-corrected chi connectivity index (χ2v) is 8.20. The van der Waals surface area contributed by atoms with Gasteiger partial charge in [-0.2, -0.15) is 0 Å². The van der Waals surface area contributed by atoms with Gasteiger partial charge in [-0.3, -0.25) is 4.79 Å². The van der Waals surface area contributed by atoms with Crippen molar-refractivity contribution in [2.75, 3.05) is 12.3 Å². The van der Waals surface area contributed by atoms with Gasteiger partial charge in [0, 0.05) is 12.3 Å². The molecular weight excluding hydrogens is 384 g/mol. The number of oxazole rings is 1. The van der Waals surface area contributed by atoms with E-state index >= 15 is 0 Å². The first-order valence-corrected chi connectivity index (χ1v) is 10.0. The number of fused-ring (bicyclic) bond motifs is 1. The lowest BCUT2D eigenvalue weighted by atomic mass is 10.3. The van der Waals surface area contributed by atoms with Crippen molar-refractivity contribution in [3.05, 3.63) is 53.4 Å². The Balaban J connectivity index is 1.31. The Morgan fingerprint density at radius 2 is 2.22 bits per heavy atom. The van der Waals surface area contributed by atoms with E-state index in [0.717, 1.165) is 20.4 Å². The molecule has 0 aliphatic rings. The van der Waals surface area contributed by atoms with Crippen LogP contribution in [0.5, 0.6) is 0 Å². The van der Waals surface area contributed by atoms with Crippen LogP contribution in [0.3, 0.4) is 0 Å². The Morgan fingerprint density at radius 1 is 1.33 bits per heavy atom. The number of amides is 1. The molecule has 4 rings (SSSR count). The highest BCUT2D eigenvalue weighted by Gasteiger charge is 2.13. The Kier molecular flexibility index (Phi) is 5.16. The van der Waals surface area contributed by atoms with Crippen molar-refractivity contribution in [1.29, 1.82) is 0 Å². The number of aromatic nitrogens is 5. The second kappa shape index (κ2) is 7.89. The van der Waals surface area contributed by atoms with Crippen molar-refractivity contribution in [3.63, 3.8) is 0 Å². The lowest BCUT2D eigenvalue weighted by Crippen LogP contribution is -2.26. The summed E-state index contributed by atoms with van der Waals surface area (Å²) in [5, 5.41) is 11.8. The number of hydrogen-bond acceptors (Lipinski definition) is 8. The van der Waals surface area contributed by atoms with Gasteiger partial charge in [-0.25, -0.2) is 9.97 Å². The zero-order valence-electron chi connectivity index (χ0n) is 14.5. The van der Waals surface area contributed by atoms with E-state index in [4.69, 9.17) is 4.42 Å². The SMILES string of the molecule is Cc1nnc(SCCNC(=O)c2coc(Cn3cnc4ccccc43)n2)s1. The number of nitrogens with one attached hydrogen (secondary N) is 1. The number of para-hydroxylation sites is 2. The van der Waals surface area contributed by atoms with Crippen molar-refractivity contribution < 1.29 is 9.21 Å². The Bertz CT molecular complexity index is 1070. The van der Waals surface area contributed by atoms with Gasteiger partial charge in [0.15, 0.2) is 10.0 Å². The molecule has 1 aromatic carbocycles. The minimum absolute atomic E-state index is 0.255. The fourth-order valence-corrected chi connectivity index (χ4v) is 4.24. The van der Waals surface area contributed by atoms with E-state index in [0.29, 0.717) is 24.7 Å². The first kappa shape index (κ1) is 17.7. The molecule has 4 aromatic rings. The third-order valence-electron chi connectivity index (χ3n) is 3.74. The van der Waals surface area contributed by atoms with Crippen LogP contribution in [-0.2, 0) is 6.54 Å². The van der Waals surface area contributed by atoms with Crippen LogP contribution in [0.15, 0.2) is 45.6 Å². The average molecular weight is 400 g/mol. The largest absolute Gasteiger partial charge is 0.446 e.